The van der Waals surface area contributed by atoms with Gasteiger partial charge in [-0.25, -0.2) is 8.78 Å². The van der Waals surface area contributed by atoms with Gasteiger partial charge in [0.2, 0.25) is 12.2 Å². The molecule has 0 unspecified atom stereocenters. The quantitative estimate of drug-likeness (QED) is 0.0990. The summed E-state index contributed by atoms with van der Waals surface area (Å²) in [6.07, 6.45) is -15.9. The maximum atomic E-state index is 13.7. The highest BCUT2D eigenvalue weighted by molar-refractivity contribution is 6.04. The maximum absolute atomic E-state index is 13.7. The molecule has 7 N–H and O–H groups in total. The SMILES string of the molecule is O=C(CC[C@H]1C(=O)N(c2ccc(F)cc2)[C@@H]1c1ccc(O[C@@H]2O[C@H](CO)[C@@H](O[C@@H]3O[C@H](CO)[C@H](O)[C@H](O)[C@H]3O)[C@H](O)[C@H]2O)cc1)c1ccc(F)cc1. The first kappa shape index (κ1) is 37.8. The van der Waals surface area contributed by atoms with Crippen molar-refractivity contribution < 1.29 is 73.1 Å². The van der Waals surface area contributed by atoms with Gasteiger partial charge in [0.25, 0.3) is 0 Å². The first-order valence-electron chi connectivity index (χ1n) is 16.6. The van der Waals surface area contributed by atoms with Gasteiger partial charge in [-0.15, -0.1) is 0 Å². The van der Waals surface area contributed by atoms with Gasteiger partial charge in [-0.1, -0.05) is 12.1 Å². The van der Waals surface area contributed by atoms with E-state index in [9.17, 15) is 54.1 Å². The fraction of sp³-hybridized carbons (Fsp3) is 0.444. The summed E-state index contributed by atoms with van der Waals surface area (Å²) in [6.45, 7) is -1.47. The summed E-state index contributed by atoms with van der Waals surface area (Å²) < 4.78 is 49.5. The van der Waals surface area contributed by atoms with Crippen LogP contribution in [0.1, 0.15) is 34.8 Å². The number of amides is 1. The molecule has 280 valence electrons. The first-order chi connectivity index (χ1) is 24.9. The predicted octanol–water partition coefficient (Wildman–Crippen LogP) is 0.335. The third-order valence-electron chi connectivity index (χ3n) is 9.60. The van der Waals surface area contributed by atoms with E-state index in [1.165, 1.54) is 65.6 Å². The summed E-state index contributed by atoms with van der Waals surface area (Å²) in [5.41, 5.74) is 1.40. The van der Waals surface area contributed by atoms with Gasteiger partial charge in [0, 0.05) is 17.7 Å². The average Bonchev–Trinajstić information content (AvgIpc) is 3.15. The molecule has 1 amide bonds. The number of hydrogen-bond acceptors (Lipinski definition) is 13. The van der Waals surface area contributed by atoms with E-state index in [-0.39, 0.29) is 30.3 Å². The van der Waals surface area contributed by atoms with Crippen LogP contribution >= 0.6 is 0 Å². The molecule has 3 saturated heterocycles. The van der Waals surface area contributed by atoms with Crippen LogP contribution in [0.4, 0.5) is 14.5 Å². The summed E-state index contributed by atoms with van der Waals surface area (Å²) in [5, 5.41) is 71.8. The second kappa shape index (κ2) is 16.0. The lowest BCUT2D eigenvalue weighted by Gasteiger charge is -2.47. The van der Waals surface area contributed by atoms with Crippen LogP contribution in [-0.4, -0.2) is 122 Å². The second-order valence-electron chi connectivity index (χ2n) is 12.9. The Labute approximate surface area is 296 Å². The van der Waals surface area contributed by atoms with Crippen molar-refractivity contribution in [3.8, 4) is 5.75 Å². The van der Waals surface area contributed by atoms with E-state index in [1.54, 1.807) is 12.1 Å². The number of carbonyl (C=O) groups excluding carboxylic acids is 2. The van der Waals surface area contributed by atoms with Crippen LogP contribution in [0.3, 0.4) is 0 Å². The average molecular weight is 732 g/mol. The van der Waals surface area contributed by atoms with Crippen LogP contribution in [0, 0.1) is 17.6 Å². The van der Waals surface area contributed by atoms with Gasteiger partial charge in [-0.2, -0.15) is 0 Å². The number of aliphatic hydroxyl groups excluding tert-OH is 7. The van der Waals surface area contributed by atoms with Gasteiger partial charge < -0.3 is 59.6 Å². The first-order valence-corrected chi connectivity index (χ1v) is 16.6. The van der Waals surface area contributed by atoms with Crippen molar-refractivity contribution in [2.45, 2.75) is 80.3 Å². The Morgan fingerprint density at radius 3 is 1.90 bits per heavy atom. The van der Waals surface area contributed by atoms with Gasteiger partial charge in [0.15, 0.2) is 12.1 Å². The third kappa shape index (κ3) is 7.58. The molecule has 3 fully saturated rings. The van der Waals surface area contributed by atoms with Crippen molar-refractivity contribution in [2.24, 2.45) is 5.92 Å². The smallest absolute Gasteiger partial charge is 0.233 e. The minimum atomic E-state index is -1.81. The molecule has 3 aromatic rings. The van der Waals surface area contributed by atoms with Crippen LogP contribution < -0.4 is 9.64 Å². The Morgan fingerprint density at radius 1 is 0.712 bits per heavy atom. The topological polar surface area (TPSA) is 216 Å². The number of anilines is 1. The number of β-lactam (4-membered cyclic amide) rings is 1. The number of ketones is 1. The number of ether oxygens (including phenoxy) is 4. The van der Waals surface area contributed by atoms with Crippen LogP contribution in [0.25, 0.3) is 0 Å². The summed E-state index contributed by atoms with van der Waals surface area (Å²) >= 11 is 0. The summed E-state index contributed by atoms with van der Waals surface area (Å²) in [7, 11) is 0. The number of nitrogens with zero attached hydrogens (tertiary/aromatic N) is 1. The summed E-state index contributed by atoms with van der Waals surface area (Å²) in [5.74, 6) is -1.95. The second-order valence-corrected chi connectivity index (χ2v) is 12.9. The molecule has 0 spiro atoms. The highest BCUT2D eigenvalue weighted by Crippen LogP contribution is 2.46. The van der Waals surface area contributed by atoms with Gasteiger partial charge in [0.1, 0.15) is 66.2 Å². The molecule has 3 aliphatic heterocycles. The molecule has 0 bridgehead atoms. The monoisotopic (exact) mass is 731 g/mol. The molecule has 16 heteroatoms. The number of rotatable bonds is 12. The lowest BCUT2D eigenvalue weighted by Crippen LogP contribution is -2.65. The van der Waals surface area contributed by atoms with E-state index in [1.807, 2.05) is 0 Å². The normalized spacial score (nSPS) is 33.4. The fourth-order valence-corrected chi connectivity index (χ4v) is 6.70. The lowest BCUT2D eigenvalue weighted by molar-refractivity contribution is -0.352. The number of hydrogen-bond donors (Lipinski definition) is 7. The van der Waals surface area contributed by atoms with Crippen molar-refractivity contribution in [1.29, 1.82) is 0 Å². The minimum absolute atomic E-state index is 0.0172. The number of carbonyl (C=O) groups is 2. The maximum Gasteiger partial charge on any atom is 0.233 e. The van der Waals surface area contributed by atoms with Crippen molar-refractivity contribution in [1.82, 2.24) is 0 Å². The Kier molecular flexibility index (Phi) is 11.6. The standard InChI is InChI=1S/C36H39F2NO13/c37-19-5-1-17(2-6-19)24(42)14-13-23-27(39(34(23)48)21-9-7-20(38)8-10-21)18-3-11-22(12-4-18)49-35-32(47)30(45)33(26(16-41)51-35)52-36-31(46)29(44)28(43)25(15-40)50-36/h1-12,23,25-33,35-36,40-41,43-47H,13-16H2/t23-,25-,26-,27-,28+,29+,30-,31-,32-,33-,35-,36+/m1/s1. The van der Waals surface area contributed by atoms with Gasteiger partial charge >= 0.3 is 0 Å². The molecule has 14 nitrogen and oxygen atoms in total. The van der Waals surface area contributed by atoms with Crippen molar-refractivity contribution in [3.05, 3.63) is 95.6 Å². The van der Waals surface area contributed by atoms with Crippen molar-refractivity contribution in [2.75, 3.05) is 18.1 Å². The van der Waals surface area contributed by atoms with E-state index in [0.717, 1.165) is 0 Å². The Morgan fingerprint density at radius 2 is 1.29 bits per heavy atom. The molecule has 6 rings (SSSR count). The molecule has 0 radical (unpaired) electrons. The van der Waals surface area contributed by atoms with Gasteiger partial charge in [0.05, 0.1) is 25.2 Å². The van der Waals surface area contributed by atoms with E-state index in [4.69, 9.17) is 18.9 Å². The Hall–Kier alpha value is -3.94. The molecule has 0 aliphatic carbocycles. The molecule has 0 saturated carbocycles. The van der Waals surface area contributed by atoms with Crippen LogP contribution in [-0.2, 0) is 19.0 Å². The number of Topliss-reactive ketones (excluding diaryl/α,β-unsaturated/α-hetero) is 1. The molecular formula is C36H39F2NO13. The van der Waals surface area contributed by atoms with E-state index >= 15 is 0 Å². The summed E-state index contributed by atoms with van der Waals surface area (Å²) in [4.78, 5) is 27.7. The molecule has 3 heterocycles. The zero-order chi connectivity index (χ0) is 37.3. The Balaban J connectivity index is 1.14. The predicted molar refractivity (Wildman–Crippen MR) is 174 cm³/mol. The third-order valence-corrected chi connectivity index (χ3v) is 9.60. The van der Waals surface area contributed by atoms with E-state index in [2.05, 4.69) is 0 Å². The molecule has 52 heavy (non-hydrogen) atoms. The van der Waals surface area contributed by atoms with Gasteiger partial charge in [-0.3, -0.25) is 9.59 Å². The molecule has 3 aromatic carbocycles. The molecule has 0 aromatic heterocycles. The van der Waals surface area contributed by atoms with Crippen molar-refractivity contribution in [3.63, 3.8) is 0 Å². The summed E-state index contributed by atoms with van der Waals surface area (Å²) in [6, 6.07) is 16.3. The highest BCUT2D eigenvalue weighted by atomic mass is 19.1. The number of benzene rings is 3. The van der Waals surface area contributed by atoms with Crippen LogP contribution in [0.2, 0.25) is 0 Å². The van der Waals surface area contributed by atoms with E-state index < -0.39 is 98.2 Å². The minimum Gasteiger partial charge on any atom is -0.462 e. The highest BCUT2D eigenvalue weighted by Gasteiger charge is 2.52. The number of aliphatic hydroxyl groups is 7. The van der Waals surface area contributed by atoms with Crippen LogP contribution in [0.5, 0.6) is 5.75 Å². The van der Waals surface area contributed by atoms with Gasteiger partial charge in [-0.05, 0) is 72.6 Å². The zero-order valence-corrected chi connectivity index (χ0v) is 27.5. The Bertz CT molecular complexity index is 1680. The lowest BCUT2D eigenvalue weighted by atomic mass is 9.78. The molecule has 3 aliphatic rings. The zero-order valence-electron chi connectivity index (χ0n) is 27.5. The molecular weight excluding hydrogens is 692 g/mol. The largest absolute Gasteiger partial charge is 0.462 e. The molecule has 12 atom stereocenters. The van der Waals surface area contributed by atoms with Crippen LogP contribution in [0.15, 0.2) is 72.8 Å². The number of halogens is 2. The fourth-order valence-electron chi connectivity index (χ4n) is 6.70. The van der Waals surface area contributed by atoms with E-state index in [0.29, 0.717) is 16.8 Å². The van der Waals surface area contributed by atoms with Crippen molar-refractivity contribution >= 4 is 17.4 Å².